The normalized spacial score (nSPS) is 22.2. The summed E-state index contributed by atoms with van der Waals surface area (Å²) in [6.07, 6.45) is 3.82. The van der Waals surface area contributed by atoms with Crippen LogP contribution in [0.25, 0.3) is 0 Å². The highest BCUT2D eigenvalue weighted by molar-refractivity contribution is 6.00. The van der Waals surface area contributed by atoms with Gasteiger partial charge in [0.2, 0.25) is 17.7 Å². The lowest BCUT2D eigenvalue weighted by molar-refractivity contribution is -0.159. The molecule has 0 spiro atoms. The Balaban J connectivity index is 1.78. The van der Waals surface area contributed by atoms with E-state index in [1.54, 1.807) is 18.1 Å². The van der Waals surface area contributed by atoms with Crippen molar-refractivity contribution < 1.29 is 14.4 Å². The second-order valence-corrected chi connectivity index (χ2v) is 9.70. The Morgan fingerprint density at radius 2 is 1.85 bits per heavy atom. The van der Waals surface area contributed by atoms with Gasteiger partial charge < -0.3 is 15.5 Å². The highest BCUT2D eigenvalue weighted by Crippen LogP contribution is 2.36. The van der Waals surface area contributed by atoms with Crippen molar-refractivity contribution in [2.75, 3.05) is 7.05 Å². The molecule has 1 aromatic heterocycles. The van der Waals surface area contributed by atoms with Crippen molar-refractivity contribution >= 4 is 17.7 Å². The number of nitrogens with zero attached hydrogens (tertiary/aromatic N) is 2. The Bertz CT molecular complexity index is 1090. The fourth-order valence-corrected chi connectivity index (χ4v) is 5.46. The molecule has 1 fully saturated rings. The van der Waals surface area contributed by atoms with Gasteiger partial charge in [-0.25, -0.2) is 0 Å². The van der Waals surface area contributed by atoms with Crippen LogP contribution >= 0.6 is 0 Å². The van der Waals surface area contributed by atoms with Gasteiger partial charge in [-0.05, 0) is 61.3 Å². The van der Waals surface area contributed by atoms with Crippen molar-refractivity contribution in [1.82, 2.24) is 20.5 Å². The Kier molecular flexibility index (Phi) is 6.73. The number of fused-ring (bicyclic) bond motifs is 1. The van der Waals surface area contributed by atoms with Crippen LogP contribution in [0.15, 0.2) is 36.5 Å². The predicted octanol–water partition coefficient (Wildman–Crippen LogP) is 2.64. The Morgan fingerprint density at radius 1 is 1.21 bits per heavy atom. The molecule has 1 saturated heterocycles. The minimum absolute atomic E-state index is 0.0446. The minimum Gasteiger partial charge on any atom is -0.357 e. The molecule has 0 saturated carbocycles. The quantitative estimate of drug-likeness (QED) is 0.691. The summed E-state index contributed by atoms with van der Waals surface area (Å²) in [5.74, 6) is -0.871. The van der Waals surface area contributed by atoms with Crippen molar-refractivity contribution in [2.24, 2.45) is 11.8 Å². The molecule has 2 N–H and O–H groups in total. The van der Waals surface area contributed by atoms with Gasteiger partial charge in [-0.1, -0.05) is 44.5 Å². The average molecular weight is 463 g/mol. The molecule has 4 atom stereocenters. The molecule has 1 aromatic carbocycles. The van der Waals surface area contributed by atoms with E-state index in [0.29, 0.717) is 12.0 Å². The SMILES string of the molecule is CC[C@H](C)[C@@H]1C(=O)N[C@H](C2Cc3ccccc3C2)C(=O)N1[C@@H](C(=O)NC)c1cnc(C)cc1C. The van der Waals surface area contributed by atoms with Crippen molar-refractivity contribution in [3.8, 4) is 0 Å². The van der Waals surface area contributed by atoms with E-state index in [0.717, 1.165) is 24.1 Å². The number of aromatic nitrogens is 1. The third-order valence-corrected chi connectivity index (χ3v) is 7.48. The minimum atomic E-state index is -0.929. The van der Waals surface area contributed by atoms with Crippen LogP contribution in [0.1, 0.15) is 54.3 Å². The summed E-state index contributed by atoms with van der Waals surface area (Å²) < 4.78 is 0. The number of rotatable bonds is 6. The maximum Gasteiger partial charge on any atom is 0.247 e. The summed E-state index contributed by atoms with van der Waals surface area (Å²) in [7, 11) is 1.56. The Labute approximate surface area is 201 Å². The van der Waals surface area contributed by atoms with Gasteiger partial charge >= 0.3 is 0 Å². The Hall–Kier alpha value is -3.22. The lowest BCUT2D eigenvalue weighted by Crippen LogP contribution is -2.68. The van der Waals surface area contributed by atoms with E-state index in [1.165, 1.54) is 11.1 Å². The third kappa shape index (κ3) is 4.19. The first kappa shape index (κ1) is 23.9. The molecule has 1 aliphatic heterocycles. The van der Waals surface area contributed by atoms with Gasteiger partial charge in [0.05, 0.1) is 0 Å². The van der Waals surface area contributed by atoms with Gasteiger partial charge in [-0.2, -0.15) is 0 Å². The van der Waals surface area contributed by atoms with Gasteiger partial charge in [0.25, 0.3) is 0 Å². The molecule has 7 nitrogen and oxygen atoms in total. The summed E-state index contributed by atoms with van der Waals surface area (Å²) in [4.78, 5) is 47.0. The summed E-state index contributed by atoms with van der Waals surface area (Å²) in [6, 6.07) is 7.74. The lowest BCUT2D eigenvalue weighted by Gasteiger charge is -2.46. The van der Waals surface area contributed by atoms with Crippen LogP contribution < -0.4 is 10.6 Å². The fraction of sp³-hybridized carbons (Fsp3) is 0.481. The van der Waals surface area contributed by atoms with E-state index >= 15 is 0 Å². The number of carbonyl (C=O) groups is 3. The number of aryl methyl sites for hydroxylation is 2. The first-order valence-corrected chi connectivity index (χ1v) is 12.1. The molecule has 7 heteroatoms. The van der Waals surface area contributed by atoms with Gasteiger partial charge in [0.1, 0.15) is 18.1 Å². The van der Waals surface area contributed by atoms with Gasteiger partial charge in [-0.15, -0.1) is 0 Å². The number of benzene rings is 1. The fourth-order valence-electron chi connectivity index (χ4n) is 5.46. The first-order valence-electron chi connectivity index (χ1n) is 12.1. The van der Waals surface area contributed by atoms with Crippen LogP contribution in [0.5, 0.6) is 0 Å². The molecule has 4 rings (SSSR count). The van der Waals surface area contributed by atoms with Crippen molar-refractivity contribution in [1.29, 1.82) is 0 Å². The van der Waals surface area contributed by atoms with Crippen molar-refractivity contribution in [3.63, 3.8) is 0 Å². The maximum absolute atomic E-state index is 14.2. The summed E-state index contributed by atoms with van der Waals surface area (Å²) in [6.45, 7) is 7.75. The molecule has 0 radical (unpaired) electrons. The summed E-state index contributed by atoms with van der Waals surface area (Å²) >= 11 is 0. The molecular formula is C27H34N4O3. The van der Waals surface area contributed by atoms with Gasteiger partial charge in [0.15, 0.2) is 0 Å². The standard InChI is InChI=1S/C27H34N4O3/c1-6-15(2)23-26(33)30-22(20-12-18-9-7-8-10-19(18)13-20)27(34)31(23)24(25(32)28-5)21-14-29-17(4)11-16(21)3/h7-11,14-15,20,22-24H,6,12-13H2,1-5H3,(H,28,32)(H,30,33)/t15-,22+,23+,24+/m0/s1. The largest absolute Gasteiger partial charge is 0.357 e. The Morgan fingerprint density at radius 3 is 2.41 bits per heavy atom. The maximum atomic E-state index is 14.2. The second kappa shape index (κ2) is 9.57. The van der Waals surface area contributed by atoms with E-state index in [2.05, 4.69) is 27.8 Å². The number of hydrogen-bond acceptors (Lipinski definition) is 4. The van der Waals surface area contributed by atoms with E-state index in [4.69, 9.17) is 0 Å². The van der Waals surface area contributed by atoms with Crippen molar-refractivity contribution in [2.45, 2.75) is 65.1 Å². The number of likely N-dealkylation sites (N-methyl/N-ethyl adjacent to an activating group) is 1. The molecular weight excluding hydrogens is 428 g/mol. The predicted molar refractivity (Wildman–Crippen MR) is 130 cm³/mol. The third-order valence-electron chi connectivity index (χ3n) is 7.48. The molecule has 1 aliphatic carbocycles. The number of hydrogen-bond donors (Lipinski definition) is 2. The van der Waals surface area contributed by atoms with Crippen LogP contribution in [0, 0.1) is 25.7 Å². The van der Waals surface area contributed by atoms with Crippen LogP contribution in [-0.4, -0.2) is 46.7 Å². The van der Waals surface area contributed by atoms with Gasteiger partial charge in [0, 0.05) is 24.5 Å². The molecule has 3 amide bonds. The number of nitrogens with one attached hydrogen (secondary N) is 2. The van der Waals surface area contributed by atoms with Gasteiger partial charge in [-0.3, -0.25) is 19.4 Å². The zero-order valence-corrected chi connectivity index (χ0v) is 20.6. The first-order chi connectivity index (χ1) is 16.3. The number of amides is 3. The van der Waals surface area contributed by atoms with E-state index in [-0.39, 0.29) is 29.6 Å². The molecule has 2 aromatic rings. The monoisotopic (exact) mass is 462 g/mol. The highest BCUT2D eigenvalue weighted by atomic mass is 16.2. The van der Waals surface area contributed by atoms with Crippen LogP contribution in [0.4, 0.5) is 0 Å². The topological polar surface area (TPSA) is 91.4 Å². The van der Waals surface area contributed by atoms with E-state index in [1.807, 2.05) is 45.9 Å². The molecule has 0 unspecified atom stereocenters. The van der Waals surface area contributed by atoms with E-state index in [9.17, 15) is 14.4 Å². The average Bonchev–Trinajstić information content (AvgIpc) is 3.25. The lowest BCUT2D eigenvalue weighted by atomic mass is 9.85. The summed E-state index contributed by atoms with van der Waals surface area (Å²) in [5, 5.41) is 5.77. The molecule has 2 aliphatic rings. The second-order valence-electron chi connectivity index (χ2n) is 9.70. The van der Waals surface area contributed by atoms with Crippen LogP contribution in [0.2, 0.25) is 0 Å². The zero-order chi connectivity index (χ0) is 24.6. The number of piperazine rings is 1. The molecule has 180 valence electrons. The molecule has 2 heterocycles. The molecule has 34 heavy (non-hydrogen) atoms. The van der Waals surface area contributed by atoms with Crippen molar-refractivity contribution in [3.05, 3.63) is 64.5 Å². The smallest absolute Gasteiger partial charge is 0.247 e. The number of carbonyl (C=O) groups excluding carboxylic acids is 3. The van der Waals surface area contributed by atoms with E-state index < -0.39 is 18.1 Å². The highest BCUT2D eigenvalue weighted by Gasteiger charge is 2.50. The van der Waals surface area contributed by atoms with Crippen LogP contribution in [-0.2, 0) is 27.2 Å². The van der Waals surface area contributed by atoms with Crippen LogP contribution in [0.3, 0.4) is 0 Å². The number of pyridine rings is 1. The summed E-state index contributed by atoms with van der Waals surface area (Å²) in [5.41, 5.74) is 4.78. The zero-order valence-electron chi connectivity index (χ0n) is 20.6. The molecule has 0 bridgehead atoms.